The Bertz CT molecular complexity index is 641. The molecule has 0 spiro atoms. The molecule has 0 unspecified atom stereocenters. The van der Waals surface area contributed by atoms with Crippen molar-refractivity contribution in [1.82, 2.24) is 9.78 Å². The van der Waals surface area contributed by atoms with Crippen LogP contribution in [0.1, 0.15) is 78.4 Å². The molecule has 24 heavy (non-hydrogen) atoms. The molecule has 0 aliphatic heterocycles. The van der Waals surface area contributed by atoms with Gasteiger partial charge in [0.1, 0.15) is 22.6 Å². The molecule has 1 aromatic heterocycles. The zero-order chi connectivity index (χ0) is 19.1. The first kappa shape index (κ1) is 20.0. The molecule has 1 aromatic rings. The highest BCUT2D eigenvalue weighted by Crippen LogP contribution is 2.30. The Hall–Kier alpha value is -2.05. The van der Waals surface area contributed by atoms with E-state index in [2.05, 4.69) is 5.10 Å². The summed E-state index contributed by atoms with van der Waals surface area (Å²) in [5.41, 5.74) is 4.63. The van der Waals surface area contributed by atoms with E-state index in [-0.39, 0.29) is 11.4 Å². The summed E-state index contributed by atoms with van der Waals surface area (Å²) in [7, 11) is 0. The van der Waals surface area contributed by atoms with Crippen LogP contribution in [-0.2, 0) is 14.9 Å². The third-order valence-electron chi connectivity index (χ3n) is 2.80. The molecule has 0 saturated carbocycles. The Balaban J connectivity index is 3.42. The van der Waals surface area contributed by atoms with Crippen LogP contribution < -0.4 is 5.73 Å². The topological polar surface area (TPSA) is 96.4 Å². The number of anilines is 1. The Kier molecular flexibility index (Phi) is 5.09. The van der Waals surface area contributed by atoms with E-state index >= 15 is 0 Å². The number of hydrogen-bond donors (Lipinski definition) is 1. The van der Waals surface area contributed by atoms with Crippen LogP contribution in [0.2, 0.25) is 0 Å². The number of nitrogens with zero attached hydrogens (tertiary/aromatic N) is 2. The molecule has 0 saturated heterocycles. The van der Waals surface area contributed by atoms with Crippen molar-refractivity contribution < 1.29 is 19.1 Å². The van der Waals surface area contributed by atoms with Crippen molar-refractivity contribution >= 4 is 17.9 Å². The predicted octanol–water partition coefficient (Wildman–Crippen LogP) is 3.50. The molecule has 2 N–H and O–H groups in total. The number of nitrogen functional groups attached to an aromatic ring is 1. The number of esters is 1. The number of carbonyl (C=O) groups excluding carboxylic acids is 2. The Labute approximate surface area is 143 Å². The summed E-state index contributed by atoms with van der Waals surface area (Å²) >= 11 is 0. The van der Waals surface area contributed by atoms with Gasteiger partial charge in [-0.25, -0.2) is 9.59 Å². The smallest absolute Gasteiger partial charge is 0.437 e. The quantitative estimate of drug-likeness (QED) is 0.787. The lowest BCUT2D eigenvalue weighted by molar-refractivity contribution is 0.00682. The molecule has 0 aliphatic carbocycles. The average Bonchev–Trinajstić information content (AvgIpc) is 2.61. The van der Waals surface area contributed by atoms with E-state index < -0.39 is 28.7 Å². The summed E-state index contributed by atoms with van der Waals surface area (Å²) in [4.78, 5) is 24.9. The molecule has 136 valence electrons. The second-order valence-electron chi connectivity index (χ2n) is 8.75. The zero-order valence-electron chi connectivity index (χ0n) is 16.1. The molecule has 0 bridgehead atoms. The molecular formula is C17H29N3O4. The SMILES string of the molecule is CC(C)(C)OC(=O)c1c(C(C)(C)C)nn(C(=O)OC(C)(C)C)c1N. The number of carbonyl (C=O) groups is 2. The van der Waals surface area contributed by atoms with Crippen molar-refractivity contribution in [3.8, 4) is 0 Å². The summed E-state index contributed by atoms with van der Waals surface area (Å²) in [5, 5.41) is 4.23. The van der Waals surface area contributed by atoms with Crippen molar-refractivity contribution in [3.05, 3.63) is 11.3 Å². The van der Waals surface area contributed by atoms with Gasteiger partial charge in [0.05, 0.1) is 5.69 Å². The fourth-order valence-electron chi connectivity index (χ4n) is 1.93. The van der Waals surface area contributed by atoms with Gasteiger partial charge in [0.25, 0.3) is 0 Å². The van der Waals surface area contributed by atoms with Gasteiger partial charge in [0, 0.05) is 5.41 Å². The third kappa shape index (κ3) is 4.97. The monoisotopic (exact) mass is 339 g/mol. The van der Waals surface area contributed by atoms with Crippen molar-refractivity contribution in [3.63, 3.8) is 0 Å². The minimum Gasteiger partial charge on any atom is -0.456 e. The summed E-state index contributed by atoms with van der Waals surface area (Å²) in [5.74, 6) is -0.692. The van der Waals surface area contributed by atoms with Crippen molar-refractivity contribution in [2.75, 3.05) is 5.73 Å². The largest absolute Gasteiger partial charge is 0.456 e. The van der Waals surface area contributed by atoms with Crippen LogP contribution in [0.25, 0.3) is 0 Å². The summed E-state index contributed by atoms with van der Waals surface area (Å²) < 4.78 is 11.6. The lowest BCUT2D eigenvalue weighted by Gasteiger charge is -2.21. The molecular weight excluding hydrogens is 310 g/mol. The van der Waals surface area contributed by atoms with Crippen LogP contribution in [-0.4, -0.2) is 33.0 Å². The number of nitrogens with two attached hydrogens (primary N) is 1. The van der Waals surface area contributed by atoms with Crippen molar-refractivity contribution in [1.29, 1.82) is 0 Å². The maximum atomic E-state index is 12.6. The Morgan fingerprint density at radius 1 is 0.917 bits per heavy atom. The Morgan fingerprint density at radius 3 is 1.75 bits per heavy atom. The van der Waals surface area contributed by atoms with Gasteiger partial charge in [-0.15, -0.1) is 4.68 Å². The van der Waals surface area contributed by atoms with Crippen LogP contribution in [0, 0.1) is 0 Å². The minimum absolute atomic E-state index is 0.0802. The van der Waals surface area contributed by atoms with Crippen LogP contribution in [0.3, 0.4) is 0 Å². The zero-order valence-corrected chi connectivity index (χ0v) is 16.1. The van der Waals surface area contributed by atoms with Gasteiger partial charge in [0.2, 0.25) is 0 Å². The highest BCUT2D eigenvalue weighted by molar-refractivity contribution is 5.98. The van der Waals surface area contributed by atoms with Gasteiger partial charge < -0.3 is 15.2 Å². The van der Waals surface area contributed by atoms with Crippen molar-refractivity contribution in [2.45, 2.75) is 78.9 Å². The molecule has 7 heteroatoms. The van der Waals surface area contributed by atoms with Crippen LogP contribution in [0.5, 0.6) is 0 Å². The van der Waals surface area contributed by atoms with E-state index in [1.807, 2.05) is 20.8 Å². The molecule has 0 atom stereocenters. The highest BCUT2D eigenvalue weighted by atomic mass is 16.6. The molecule has 0 aliphatic rings. The maximum Gasteiger partial charge on any atom is 0.437 e. The highest BCUT2D eigenvalue weighted by Gasteiger charge is 2.35. The number of ether oxygens (including phenoxy) is 2. The van der Waals surface area contributed by atoms with Gasteiger partial charge in [-0.1, -0.05) is 20.8 Å². The minimum atomic E-state index is -0.736. The average molecular weight is 339 g/mol. The normalized spacial score (nSPS) is 12.9. The van der Waals surface area contributed by atoms with Gasteiger partial charge in [0.15, 0.2) is 0 Å². The van der Waals surface area contributed by atoms with Gasteiger partial charge in [-0.05, 0) is 41.5 Å². The second-order valence-corrected chi connectivity index (χ2v) is 8.75. The second kappa shape index (κ2) is 6.11. The fourth-order valence-corrected chi connectivity index (χ4v) is 1.93. The van der Waals surface area contributed by atoms with E-state index in [9.17, 15) is 9.59 Å². The summed E-state index contributed by atoms with van der Waals surface area (Å²) in [6.07, 6.45) is -0.736. The van der Waals surface area contributed by atoms with Crippen LogP contribution in [0.4, 0.5) is 10.6 Å². The standard InChI is InChI=1S/C17H29N3O4/c1-15(2,3)11-10(13(21)23-16(4,5)6)12(18)20(19-11)14(22)24-17(7,8)9/h18H2,1-9H3. The van der Waals surface area contributed by atoms with E-state index in [0.29, 0.717) is 5.69 Å². The predicted molar refractivity (Wildman–Crippen MR) is 92.1 cm³/mol. The lowest BCUT2D eigenvalue weighted by Crippen LogP contribution is -2.29. The first-order valence-corrected chi connectivity index (χ1v) is 7.88. The molecule has 0 aromatic carbocycles. The van der Waals surface area contributed by atoms with E-state index in [4.69, 9.17) is 15.2 Å². The van der Waals surface area contributed by atoms with E-state index in [1.54, 1.807) is 41.5 Å². The summed E-state index contributed by atoms with van der Waals surface area (Å²) in [6, 6.07) is 0. The molecule has 7 nitrogen and oxygen atoms in total. The van der Waals surface area contributed by atoms with Crippen LogP contribution in [0.15, 0.2) is 0 Å². The first-order chi connectivity index (χ1) is 10.5. The maximum absolute atomic E-state index is 12.6. The fraction of sp³-hybridized carbons (Fsp3) is 0.706. The molecule has 0 radical (unpaired) electrons. The molecule has 1 rings (SSSR count). The van der Waals surface area contributed by atoms with Crippen LogP contribution >= 0.6 is 0 Å². The third-order valence-corrected chi connectivity index (χ3v) is 2.80. The van der Waals surface area contributed by atoms with Gasteiger partial charge >= 0.3 is 12.1 Å². The number of rotatable bonds is 1. The van der Waals surface area contributed by atoms with E-state index in [1.165, 1.54) is 0 Å². The lowest BCUT2D eigenvalue weighted by atomic mass is 9.89. The van der Waals surface area contributed by atoms with Gasteiger partial charge in [-0.2, -0.15) is 5.10 Å². The number of aromatic nitrogens is 2. The summed E-state index contributed by atoms with van der Waals surface area (Å²) in [6.45, 7) is 16.1. The molecule has 0 fully saturated rings. The van der Waals surface area contributed by atoms with E-state index in [0.717, 1.165) is 4.68 Å². The number of hydrogen-bond acceptors (Lipinski definition) is 6. The van der Waals surface area contributed by atoms with Crippen molar-refractivity contribution in [2.24, 2.45) is 0 Å². The molecule has 0 amide bonds. The first-order valence-electron chi connectivity index (χ1n) is 7.88. The Morgan fingerprint density at radius 2 is 1.38 bits per heavy atom. The molecule has 1 heterocycles. The van der Waals surface area contributed by atoms with Gasteiger partial charge in [-0.3, -0.25) is 0 Å².